The number of nitrogens with zero attached hydrogens (tertiary/aromatic N) is 3. The Morgan fingerprint density at radius 3 is 2.54 bits per heavy atom. The second-order valence-corrected chi connectivity index (χ2v) is 10.3. The van der Waals surface area contributed by atoms with Crippen LogP contribution in [0.1, 0.15) is 78.4 Å². The number of hydrogen-bond acceptors (Lipinski definition) is 10. The van der Waals surface area contributed by atoms with E-state index in [1.807, 2.05) is 13.8 Å². The Morgan fingerprint density at radius 1 is 1.15 bits per heavy atom. The molecule has 1 aliphatic rings. The zero-order chi connectivity index (χ0) is 28.2. The lowest BCUT2D eigenvalue weighted by Gasteiger charge is -2.30. The van der Waals surface area contributed by atoms with Gasteiger partial charge in [0.1, 0.15) is 23.8 Å². The van der Waals surface area contributed by atoms with Gasteiger partial charge in [0.2, 0.25) is 0 Å². The second kappa shape index (κ2) is 12.1. The molecule has 12 nitrogen and oxygen atoms in total. The molecule has 0 bridgehead atoms. The van der Waals surface area contributed by atoms with Crippen molar-refractivity contribution < 1.29 is 28.9 Å². The first-order chi connectivity index (χ1) is 18.7. The third-order valence-electron chi connectivity index (χ3n) is 7.08. The number of nitrogens with two attached hydrogens (primary N) is 1. The number of nitrogens with one attached hydrogen (secondary N) is 1. The summed E-state index contributed by atoms with van der Waals surface area (Å²) in [6, 6.07) is 1.54. The molecule has 0 aliphatic carbocycles. The normalized spacial score (nSPS) is 22.9. The van der Waals surface area contributed by atoms with Crippen molar-refractivity contribution in [3.63, 3.8) is 0 Å². The average molecular weight is 544 g/mol. The van der Waals surface area contributed by atoms with Gasteiger partial charge in [0.25, 0.3) is 5.56 Å². The van der Waals surface area contributed by atoms with Gasteiger partial charge in [0.15, 0.2) is 12.3 Å². The number of aromatic amines is 1. The molecule has 0 spiro atoms. The monoisotopic (exact) mass is 543 g/mol. The van der Waals surface area contributed by atoms with Crippen LogP contribution in [0.4, 0.5) is 5.69 Å². The Labute approximate surface area is 225 Å². The van der Waals surface area contributed by atoms with Gasteiger partial charge in [0, 0.05) is 35.5 Å². The smallest absolute Gasteiger partial charge is 0.306 e. The van der Waals surface area contributed by atoms with Crippen LogP contribution in [0.5, 0.6) is 0 Å². The molecule has 3 aromatic rings. The van der Waals surface area contributed by atoms with Crippen LogP contribution < -0.4 is 11.3 Å². The Balaban J connectivity index is 1.65. The molecule has 3 heterocycles. The summed E-state index contributed by atoms with van der Waals surface area (Å²) in [7, 11) is 0. The fourth-order valence-corrected chi connectivity index (χ4v) is 4.98. The van der Waals surface area contributed by atoms with Gasteiger partial charge in [-0.15, -0.1) is 0 Å². The van der Waals surface area contributed by atoms with E-state index in [2.05, 4.69) is 15.3 Å². The summed E-state index contributed by atoms with van der Waals surface area (Å²) >= 11 is 0. The van der Waals surface area contributed by atoms with Crippen molar-refractivity contribution in [3.8, 4) is 0 Å². The summed E-state index contributed by atoms with van der Waals surface area (Å²) in [5.74, 6) is -0.861. The molecule has 4 atom stereocenters. The highest BCUT2D eigenvalue weighted by Gasteiger charge is 2.56. The lowest BCUT2D eigenvalue weighted by atomic mass is 9.96. The van der Waals surface area contributed by atoms with Gasteiger partial charge in [-0.25, -0.2) is 9.78 Å². The van der Waals surface area contributed by atoms with Crippen LogP contribution in [-0.4, -0.2) is 61.4 Å². The third-order valence-corrected chi connectivity index (χ3v) is 7.08. The fourth-order valence-electron chi connectivity index (χ4n) is 4.98. The van der Waals surface area contributed by atoms with Crippen LogP contribution in [0.3, 0.4) is 0 Å². The Morgan fingerprint density at radius 2 is 1.85 bits per heavy atom. The van der Waals surface area contributed by atoms with E-state index in [4.69, 9.17) is 19.9 Å². The van der Waals surface area contributed by atoms with Crippen molar-refractivity contribution in [3.05, 3.63) is 28.8 Å². The third kappa shape index (κ3) is 6.06. The van der Waals surface area contributed by atoms with Crippen molar-refractivity contribution in [2.24, 2.45) is 0 Å². The van der Waals surface area contributed by atoms with Crippen LogP contribution in [-0.2, 0) is 23.8 Å². The van der Waals surface area contributed by atoms with Crippen LogP contribution >= 0.6 is 0 Å². The lowest BCUT2D eigenvalue weighted by Crippen LogP contribution is -2.47. The molecule has 2 aromatic heterocycles. The van der Waals surface area contributed by atoms with Crippen molar-refractivity contribution >= 4 is 39.3 Å². The zero-order valence-corrected chi connectivity index (χ0v) is 22.6. The van der Waals surface area contributed by atoms with E-state index in [-0.39, 0.29) is 25.4 Å². The van der Waals surface area contributed by atoms with E-state index in [1.54, 1.807) is 12.3 Å². The molecule has 212 valence electrons. The maximum atomic E-state index is 12.7. The summed E-state index contributed by atoms with van der Waals surface area (Å²) in [5.41, 5.74) is 4.74. The number of carbonyl (C=O) groups excluding carboxylic acids is 2. The predicted octanol–water partition coefficient (Wildman–Crippen LogP) is 3.12. The van der Waals surface area contributed by atoms with Crippen molar-refractivity contribution in [2.45, 2.75) is 96.2 Å². The van der Waals surface area contributed by atoms with Gasteiger partial charge < -0.3 is 25.1 Å². The van der Waals surface area contributed by atoms with E-state index in [0.29, 0.717) is 40.2 Å². The quantitative estimate of drug-likeness (QED) is 0.228. The maximum absolute atomic E-state index is 12.7. The average Bonchev–Trinajstić information content (AvgIpc) is 3.29. The SMILES string of the molecule is CCCCCC(=O)OCC1OC(n2cc3c(N)cc4c(=O)[nH]ncc(n2)c34)C(C)(O)C1OC(=O)CCCCC. The van der Waals surface area contributed by atoms with Gasteiger partial charge in [-0.1, -0.05) is 39.5 Å². The first-order valence-electron chi connectivity index (χ1n) is 13.5. The van der Waals surface area contributed by atoms with E-state index in [0.717, 1.165) is 25.7 Å². The van der Waals surface area contributed by atoms with Crippen LogP contribution in [0.15, 0.2) is 23.3 Å². The largest absolute Gasteiger partial charge is 0.463 e. The molecule has 39 heavy (non-hydrogen) atoms. The topological polar surface area (TPSA) is 172 Å². The zero-order valence-electron chi connectivity index (χ0n) is 22.6. The minimum atomic E-state index is -1.75. The van der Waals surface area contributed by atoms with E-state index in [1.165, 1.54) is 17.8 Å². The van der Waals surface area contributed by atoms with Crippen molar-refractivity contribution in [1.82, 2.24) is 20.0 Å². The summed E-state index contributed by atoms with van der Waals surface area (Å²) in [4.78, 5) is 37.3. The van der Waals surface area contributed by atoms with Crippen LogP contribution in [0.25, 0.3) is 21.7 Å². The van der Waals surface area contributed by atoms with E-state index < -0.39 is 35.6 Å². The van der Waals surface area contributed by atoms with Gasteiger partial charge in [-0.05, 0) is 25.8 Å². The predicted molar refractivity (Wildman–Crippen MR) is 144 cm³/mol. The highest BCUT2D eigenvalue weighted by molar-refractivity contribution is 6.14. The molecule has 12 heteroatoms. The molecule has 4 unspecified atom stereocenters. The molecule has 1 fully saturated rings. The molecule has 1 aliphatic heterocycles. The summed E-state index contributed by atoms with van der Waals surface area (Å²) < 4.78 is 18.7. The lowest BCUT2D eigenvalue weighted by molar-refractivity contribution is -0.166. The van der Waals surface area contributed by atoms with Gasteiger partial charge >= 0.3 is 11.9 Å². The maximum Gasteiger partial charge on any atom is 0.306 e. The number of hydrogen-bond donors (Lipinski definition) is 3. The Kier molecular flexibility index (Phi) is 8.86. The Hall–Kier alpha value is -3.51. The first kappa shape index (κ1) is 28.5. The van der Waals surface area contributed by atoms with Crippen LogP contribution in [0, 0.1) is 0 Å². The van der Waals surface area contributed by atoms with E-state index >= 15 is 0 Å². The number of anilines is 1. The number of ether oxygens (including phenoxy) is 3. The standard InChI is InChI=1S/C27H37N5O7/c1-4-6-8-10-21(33)37-15-20-24(39-22(34)11-9-7-5-2)27(3,36)26(38-20)32-14-17-18(28)12-16-23(17)19(31-32)13-29-30-25(16)35/h12-14,20,24,26,36H,4-11,15,28H2,1-3H3,(H,30,35). The minimum Gasteiger partial charge on any atom is -0.463 e. The highest BCUT2D eigenvalue weighted by atomic mass is 16.6. The molecule has 4 N–H and O–H groups in total. The van der Waals surface area contributed by atoms with Crippen molar-refractivity contribution in [1.29, 1.82) is 0 Å². The molecule has 1 aromatic carbocycles. The Bertz CT molecular complexity index is 1380. The number of aliphatic hydroxyl groups is 1. The number of nitrogen functional groups attached to an aromatic ring is 1. The molecular formula is C27H37N5O7. The number of H-pyrrole nitrogens is 1. The fraction of sp³-hybridized carbons (Fsp3) is 0.593. The second-order valence-electron chi connectivity index (χ2n) is 10.3. The first-order valence-corrected chi connectivity index (χ1v) is 13.5. The van der Waals surface area contributed by atoms with Crippen LogP contribution in [0.2, 0.25) is 0 Å². The summed E-state index contributed by atoms with van der Waals surface area (Å²) in [5, 5.41) is 23.9. The number of unbranched alkanes of at least 4 members (excludes halogenated alkanes) is 4. The van der Waals surface area contributed by atoms with E-state index in [9.17, 15) is 19.5 Å². The number of esters is 2. The summed E-state index contributed by atoms with van der Waals surface area (Å²) in [6.45, 7) is 5.36. The molecule has 4 rings (SSSR count). The highest BCUT2D eigenvalue weighted by Crippen LogP contribution is 2.41. The number of rotatable bonds is 12. The molecule has 0 saturated carbocycles. The molecule has 1 saturated heterocycles. The minimum absolute atomic E-state index is 0.195. The summed E-state index contributed by atoms with van der Waals surface area (Å²) in [6.07, 6.45) is 5.29. The van der Waals surface area contributed by atoms with Gasteiger partial charge in [0.05, 0.1) is 11.6 Å². The van der Waals surface area contributed by atoms with Crippen molar-refractivity contribution in [2.75, 3.05) is 12.3 Å². The number of aromatic nitrogens is 4. The molecule has 0 amide bonds. The van der Waals surface area contributed by atoms with Gasteiger partial charge in [-0.2, -0.15) is 10.2 Å². The van der Waals surface area contributed by atoms with Gasteiger partial charge in [-0.3, -0.25) is 14.4 Å². The molecular weight excluding hydrogens is 506 g/mol. The molecule has 0 radical (unpaired) electrons. The number of carbonyl (C=O) groups is 2.